The van der Waals surface area contributed by atoms with Crippen LogP contribution in [0.5, 0.6) is 0 Å². The van der Waals surface area contributed by atoms with Gasteiger partial charge in [0.1, 0.15) is 22.1 Å². The summed E-state index contributed by atoms with van der Waals surface area (Å²) in [7, 11) is 0. The predicted molar refractivity (Wildman–Crippen MR) is 311 cm³/mol. The highest BCUT2D eigenvalue weighted by molar-refractivity contribution is 8.09. The van der Waals surface area contributed by atoms with Crippen molar-refractivity contribution < 1.29 is 0 Å². The van der Waals surface area contributed by atoms with Crippen molar-refractivity contribution in [3.05, 3.63) is 123 Å². The van der Waals surface area contributed by atoms with Gasteiger partial charge in [-0.3, -0.25) is 0 Å². The van der Waals surface area contributed by atoms with Gasteiger partial charge in [0.2, 0.25) is 0 Å². The van der Waals surface area contributed by atoms with Gasteiger partial charge in [0.05, 0.1) is 23.5 Å². The van der Waals surface area contributed by atoms with Crippen LogP contribution in [0.15, 0.2) is 96.2 Å². The quantitative estimate of drug-likeness (QED) is 0.0761. The standard InChI is InChI=1S/C57H56N4S8/c1-7-13-17-33(9-3)31-57(32-34(10-4)18-14-8-2)39-29-47(37-27-35(11-5)49(53-51(37)58-68-60-53)45-23-21-43(64-45)41-19-15-25-62-41)66-55(39)56-40(57)30-48(67-56)38-28-36(12-6)50(54-52(38)59-69-61-54)46-24-22-44(65-46)42-20-16-26-63-42/h11-12,15-16,19-29,33-34,48H,5-10,13-14,17-18,30-32H2,1-4H3. The lowest BCUT2D eigenvalue weighted by Crippen LogP contribution is -2.32. The van der Waals surface area contributed by atoms with Crippen molar-refractivity contribution >= 4 is 131 Å². The van der Waals surface area contributed by atoms with Crippen molar-refractivity contribution in [2.45, 2.75) is 109 Å². The molecular weight excluding hydrogens is 997 g/mol. The van der Waals surface area contributed by atoms with E-state index in [-0.39, 0.29) is 10.7 Å². The normalized spacial score (nSPS) is 17.6. The molecule has 352 valence electrons. The Morgan fingerprint density at radius 3 is 1.72 bits per heavy atom. The molecule has 1 aliphatic heterocycles. The molecule has 11 rings (SSSR count). The average molecular weight is 1050 g/mol. The van der Waals surface area contributed by atoms with Crippen LogP contribution in [-0.4, -0.2) is 17.5 Å². The number of nitrogens with zero attached hydrogens (tertiary/aromatic N) is 4. The Bertz CT molecular complexity index is 3300. The molecule has 0 bridgehead atoms. The minimum absolute atomic E-state index is 0.0460. The van der Waals surface area contributed by atoms with Crippen LogP contribution >= 0.6 is 91.9 Å². The Morgan fingerprint density at radius 1 is 0.623 bits per heavy atom. The molecule has 69 heavy (non-hydrogen) atoms. The van der Waals surface area contributed by atoms with Crippen molar-refractivity contribution in [2.24, 2.45) is 11.8 Å². The number of benzene rings is 2. The lowest BCUT2D eigenvalue weighted by Gasteiger charge is -2.39. The van der Waals surface area contributed by atoms with Crippen LogP contribution in [0.3, 0.4) is 0 Å². The molecule has 1 aliphatic carbocycles. The number of unbranched alkanes of at least 4 members (excludes halogenated alkanes) is 2. The Morgan fingerprint density at radius 2 is 1.17 bits per heavy atom. The van der Waals surface area contributed by atoms with Crippen LogP contribution in [0, 0.1) is 11.8 Å². The zero-order chi connectivity index (χ0) is 47.2. The summed E-state index contributed by atoms with van der Waals surface area (Å²) in [4.78, 5) is 11.9. The molecule has 0 amide bonds. The molecule has 3 atom stereocenters. The molecule has 0 spiro atoms. The van der Waals surface area contributed by atoms with E-state index in [1.54, 1.807) is 33.8 Å². The van der Waals surface area contributed by atoms with E-state index < -0.39 is 0 Å². The van der Waals surface area contributed by atoms with E-state index in [4.69, 9.17) is 17.5 Å². The van der Waals surface area contributed by atoms with Gasteiger partial charge in [0, 0.05) is 71.3 Å². The van der Waals surface area contributed by atoms with E-state index in [2.05, 4.69) is 130 Å². The summed E-state index contributed by atoms with van der Waals surface area (Å²) in [5.41, 5.74) is 14.3. The number of allylic oxidation sites excluding steroid dienone is 1. The highest BCUT2D eigenvalue weighted by Crippen LogP contribution is 2.68. The zero-order valence-corrected chi connectivity index (χ0v) is 46.2. The molecule has 0 saturated heterocycles. The average Bonchev–Trinajstić information content (AvgIpc) is 4.22. The minimum Gasteiger partial charge on any atom is -0.173 e. The van der Waals surface area contributed by atoms with Crippen LogP contribution in [0.1, 0.15) is 131 Å². The molecule has 4 nitrogen and oxygen atoms in total. The molecule has 8 heterocycles. The number of thioether (sulfide) groups is 1. The molecule has 3 unspecified atom stereocenters. The van der Waals surface area contributed by atoms with Crippen molar-refractivity contribution in [3.8, 4) is 50.8 Å². The molecule has 0 saturated carbocycles. The van der Waals surface area contributed by atoms with E-state index in [9.17, 15) is 0 Å². The summed E-state index contributed by atoms with van der Waals surface area (Å²) in [5, 5.41) is 4.54. The maximum absolute atomic E-state index is 5.13. The van der Waals surface area contributed by atoms with Gasteiger partial charge < -0.3 is 0 Å². The van der Waals surface area contributed by atoms with Gasteiger partial charge in [0.15, 0.2) is 0 Å². The highest BCUT2D eigenvalue weighted by atomic mass is 32.2. The van der Waals surface area contributed by atoms with Gasteiger partial charge in [0.25, 0.3) is 0 Å². The fraction of sp³-hybridized carbons (Fsp3) is 0.333. The van der Waals surface area contributed by atoms with E-state index in [0.717, 1.165) is 50.7 Å². The second-order valence-corrected chi connectivity index (χ2v) is 26.1. The first kappa shape index (κ1) is 47.5. The summed E-state index contributed by atoms with van der Waals surface area (Å²) in [5.74, 6) is 1.30. The zero-order valence-electron chi connectivity index (χ0n) is 39.6. The van der Waals surface area contributed by atoms with Gasteiger partial charge in [-0.15, -0.1) is 68.4 Å². The third-order valence-corrected chi connectivity index (χ3v) is 22.9. The molecule has 0 radical (unpaired) electrons. The van der Waals surface area contributed by atoms with Crippen LogP contribution in [0.4, 0.5) is 0 Å². The SMILES string of the molecule is C=Cc1cc(-c2cc3c(s2)C2=C(CC(c4cc(C=C)c(-c5ccc(-c6cccs6)s5)c5nsnc45)S2)C3(CC(CC)CCCC)CC(CC)CCCC)c2nsnc2c1-c1ccc(-c2cccs2)s1. The molecule has 12 heteroatoms. The molecule has 2 aliphatic rings. The number of rotatable bonds is 20. The summed E-state index contributed by atoms with van der Waals surface area (Å²) < 4.78 is 20.3. The van der Waals surface area contributed by atoms with Crippen LogP contribution in [-0.2, 0) is 5.41 Å². The second-order valence-electron chi connectivity index (χ2n) is 18.7. The Hall–Kier alpha value is -3.85. The lowest BCUT2D eigenvalue weighted by molar-refractivity contribution is 0.258. The fourth-order valence-electron chi connectivity index (χ4n) is 11.2. The summed E-state index contributed by atoms with van der Waals surface area (Å²) >= 11 is 14.0. The number of fused-ring (bicyclic) bond motifs is 4. The van der Waals surface area contributed by atoms with Gasteiger partial charge >= 0.3 is 0 Å². The number of aromatic nitrogens is 4. The summed E-state index contributed by atoms with van der Waals surface area (Å²) in [6.45, 7) is 18.4. The Labute approximate surface area is 439 Å². The Kier molecular flexibility index (Phi) is 14.0. The Balaban J connectivity index is 1.05. The van der Waals surface area contributed by atoms with Crippen molar-refractivity contribution in [1.29, 1.82) is 0 Å². The third kappa shape index (κ3) is 8.56. The molecular formula is C57H56N4S8. The van der Waals surface area contributed by atoms with Crippen LogP contribution < -0.4 is 0 Å². The molecule has 2 aromatic carbocycles. The topological polar surface area (TPSA) is 51.6 Å². The first-order valence-corrected chi connectivity index (χ1v) is 31.1. The third-order valence-electron chi connectivity index (χ3n) is 14.8. The van der Waals surface area contributed by atoms with Gasteiger partial charge in [-0.1, -0.05) is 117 Å². The first-order chi connectivity index (χ1) is 33.9. The summed E-state index contributed by atoms with van der Waals surface area (Å²) in [6.07, 6.45) is 17.5. The van der Waals surface area contributed by atoms with Crippen molar-refractivity contribution in [1.82, 2.24) is 17.5 Å². The number of hydrogen-bond acceptors (Lipinski definition) is 12. The van der Waals surface area contributed by atoms with Crippen LogP contribution in [0.2, 0.25) is 0 Å². The minimum atomic E-state index is -0.0460. The van der Waals surface area contributed by atoms with E-state index in [0.29, 0.717) is 11.8 Å². The predicted octanol–water partition coefficient (Wildman–Crippen LogP) is 20.7. The van der Waals surface area contributed by atoms with Crippen molar-refractivity contribution in [3.63, 3.8) is 0 Å². The number of hydrogen-bond donors (Lipinski definition) is 0. The first-order valence-electron chi connectivity index (χ1n) is 24.6. The molecule has 9 aromatic rings. The molecule has 0 N–H and O–H groups in total. The highest BCUT2D eigenvalue weighted by Gasteiger charge is 2.52. The van der Waals surface area contributed by atoms with Gasteiger partial charge in [-0.05, 0) is 124 Å². The second kappa shape index (κ2) is 20.3. The van der Waals surface area contributed by atoms with Gasteiger partial charge in [-0.25, -0.2) is 0 Å². The van der Waals surface area contributed by atoms with Gasteiger partial charge in [-0.2, -0.15) is 17.5 Å². The molecule has 0 fully saturated rings. The smallest absolute Gasteiger partial charge is 0.114 e. The fourth-order valence-corrected chi connectivity index (χ4v) is 19.2. The van der Waals surface area contributed by atoms with Crippen molar-refractivity contribution in [2.75, 3.05) is 0 Å². The monoisotopic (exact) mass is 1050 g/mol. The summed E-state index contributed by atoms with van der Waals surface area (Å²) in [6, 6.07) is 25.1. The lowest BCUT2D eigenvalue weighted by atomic mass is 9.64. The van der Waals surface area contributed by atoms with Crippen LogP contribution in [0.25, 0.3) is 90.0 Å². The maximum Gasteiger partial charge on any atom is 0.114 e. The number of thiophene rings is 5. The van der Waals surface area contributed by atoms with E-state index in [1.165, 1.54) is 143 Å². The van der Waals surface area contributed by atoms with E-state index >= 15 is 0 Å². The molecule has 7 aromatic heterocycles. The maximum atomic E-state index is 5.13. The largest absolute Gasteiger partial charge is 0.173 e. The van der Waals surface area contributed by atoms with E-state index in [1.807, 2.05) is 46.2 Å².